The lowest BCUT2D eigenvalue weighted by molar-refractivity contribution is 0.122. The van der Waals surface area contributed by atoms with Gasteiger partial charge in [-0.25, -0.2) is 4.99 Å². The number of hydrogen-bond donors (Lipinski definition) is 2. The Bertz CT molecular complexity index is 696. The van der Waals surface area contributed by atoms with Crippen LogP contribution in [0.1, 0.15) is 18.1 Å². The zero-order valence-electron chi connectivity index (χ0n) is 15.4. The van der Waals surface area contributed by atoms with Crippen molar-refractivity contribution in [1.29, 1.82) is 0 Å². The zero-order valence-corrected chi connectivity index (χ0v) is 15.4. The molecular formula is C21H28N4O. The van der Waals surface area contributed by atoms with Crippen molar-refractivity contribution < 1.29 is 4.74 Å². The number of para-hydroxylation sites is 1. The number of morpholine rings is 1. The van der Waals surface area contributed by atoms with Gasteiger partial charge in [0, 0.05) is 31.9 Å². The SMILES string of the molecule is CCNC(=NCc1ccccc1)NCc1ccccc1N1CCOCC1. The van der Waals surface area contributed by atoms with Crippen LogP contribution in [0.4, 0.5) is 5.69 Å². The van der Waals surface area contributed by atoms with Crippen LogP contribution in [0.25, 0.3) is 0 Å². The lowest BCUT2D eigenvalue weighted by atomic mass is 10.1. The highest BCUT2D eigenvalue weighted by molar-refractivity contribution is 5.80. The minimum absolute atomic E-state index is 0.668. The highest BCUT2D eigenvalue weighted by Gasteiger charge is 2.14. The molecule has 1 aliphatic rings. The van der Waals surface area contributed by atoms with Crippen LogP contribution in [-0.4, -0.2) is 38.8 Å². The highest BCUT2D eigenvalue weighted by Crippen LogP contribution is 2.21. The van der Waals surface area contributed by atoms with E-state index >= 15 is 0 Å². The summed E-state index contributed by atoms with van der Waals surface area (Å²) in [5, 5.41) is 6.80. The number of hydrogen-bond acceptors (Lipinski definition) is 3. The second-order valence-electron chi connectivity index (χ2n) is 6.26. The number of nitrogens with zero attached hydrogens (tertiary/aromatic N) is 2. The smallest absolute Gasteiger partial charge is 0.191 e. The largest absolute Gasteiger partial charge is 0.378 e. The van der Waals surface area contributed by atoms with Crippen molar-refractivity contribution in [3.05, 3.63) is 65.7 Å². The molecule has 0 radical (unpaired) electrons. The molecule has 26 heavy (non-hydrogen) atoms. The Labute approximate surface area is 156 Å². The Hall–Kier alpha value is -2.53. The summed E-state index contributed by atoms with van der Waals surface area (Å²) in [6.45, 7) is 7.81. The highest BCUT2D eigenvalue weighted by atomic mass is 16.5. The Balaban J connectivity index is 1.65. The maximum absolute atomic E-state index is 5.48. The molecule has 1 fully saturated rings. The van der Waals surface area contributed by atoms with E-state index in [9.17, 15) is 0 Å². The molecule has 2 N–H and O–H groups in total. The lowest BCUT2D eigenvalue weighted by Crippen LogP contribution is -2.39. The average Bonchev–Trinajstić information content (AvgIpc) is 2.72. The summed E-state index contributed by atoms with van der Waals surface area (Å²) in [5.74, 6) is 0.841. The number of ether oxygens (including phenoxy) is 1. The van der Waals surface area contributed by atoms with Crippen molar-refractivity contribution in [2.24, 2.45) is 4.99 Å². The minimum Gasteiger partial charge on any atom is -0.378 e. The molecule has 1 saturated heterocycles. The third kappa shape index (κ3) is 5.23. The first-order valence-corrected chi connectivity index (χ1v) is 9.33. The van der Waals surface area contributed by atoms with E-state index in [0.717, 1.165) is 45.4 Å². The molecule has 2 aromatic rings. The van der Waals surface area contributed by atoms with Crippen LogP contribution < -0.4 is 15.5 Å². The molecule has 138 valence electrons. The fourth-order valence-electron chi connectivity index (χ4n) is 3.05. The van der Waals surface area contributed by atoms with Crippen LogP contribution in [0.15, 0.2) is 59.6 Å². The van der Waals surface area contributed by atoms with Gasteiger partial charge in [0.15, 0.2) is 5.96 Å². The van der Waals surface area contributed by atoms with Crippen molar-refractivity contribution in [1.82, 2.24) is 10.6 Å². The van der Waals surface area contributed by atoms with Crippen LogP contribution >= 0.6 is 0 Å². The summed E-state index contributed by atoms with van der Waals surface area (Å²) < 4.78 is 5.48. The second-order valence-corrected chi connectivity index (χ2v) is 6.26. The first-order chi connectivity index (χ1) is 12.9. The number of anilines is 1. The molecule has 3 rings (SSSR count). The van der Waals surface area contributed by atoms with E-state index < -0.39 is 0 Å². The van der Waals surface area contributed by atoms with Gasteiger partial charge in [-0.3, -0.25) is 0 Å². The Kier molecular flexibility index (Phi) is 6.90. The summed E-state index contributed by atoms with van der Waals surface area (Å²) >= 11 is 0. The molecule has 0 aliphatic carbocycles. The predicted octanol–water partition coefficient (Wildman–Crippen LogP) is 2.78. The molecule has 0 atom stereocenters. The molecule has 0 spiro atoms. The van der Waals surface area contributed by atoms with Crippen molar-refractivity contribution in [3.8, 4) is 0 Å². The van der Waals surface area contributed by atoms with Gasteiger partial charge in [-0.15, -0.1) is 0 Å². The van der Waals surface area contributed by atoms with Crippen LogP contribution in [0.2, 0.25) is 0 Å². The van der Waals surface area contributed by atoms with E-state index in [2.05, 4.69) is 58.9 Å². The molecule has 1 heterocycles. The zero-order chi connectivity index (χ0) is 18.0. The van der Waals surface area contributed by atoms with Gasteiger partial charge in [-0.1, -0.05) is 48.5 Å². The Morgan fingerprint density at radius 3 is 2.50 bits per heavy atom. The maximum atomic E-state index is 5.48. The fourth-order valence-corrected chi connectivity index (χ4v) is 3.05. The molecule has 5 heteroatoms. The van der Waals surface area contributed by atoms with Gasteiger partial charge >= 0.3 is 0 Å². The standard InChI is InChI=1S/C21H28N4O/c1-2-22-21(23-16-18-8-4-3-5-9-18)24-17-19-10-6-7-11-20(19)25-12-14-26-15-13-25/h3-11H,2,12-17H2,1H3,(H2,22,23,24). The summed E-state index contributed by atoms with van der Waals surface area (Å²) in [5.41, 5.74) is 3.76. The predicted molar refractivity (Wildman–Crippen MR) is 108 cm³/mol. The van der Waals surface area contributed by atoms with Crippen molar-refractivity contribution in [3.63, 3.8) is 0 Å². The number of guanidine groups is 1. The van der Waals surface area contributed by atoms with Crippen LogP contribution in [0.5, 0.6) is 0 Å². The van der Waals surface area contributed by atoms with Crippen LogP contribution in [0.3, 0.4) is 0 Å². The average molecular weight is 352 g/mol. The van der Waals surface area contributed by atoms with E-state index in [1.165, 1.54) is 16.8 Å². The van der Waals surface area contributed by atoms with Gasteiger partial charge in [0.2, 0.25) is 0 Å². The van der Waals surface area contributed by atoms with Gasteiger partial charge in [0.1, 0.15) is 0 Å². The van der Waals surface area contributed by atoms with Crippen LogP contribution in [-0.2, 0) is 17.8 Å². The summed E-state index contributed by atoms with van der Waals surface area (Å²) in [6.07, 6.45) is 0. The van der Waals surface area contributed by atoms with Gasteiger partial charge in [0.25, 0.3) is 0 Å². The molecule has 2 aromatic carbocycles. The fraction of sp³-hybridized carbons (Fsp3) is 0.381. The minimum atomic E-state index is 0.668. The number of rotatable bonds is 6. The Morgan fingerprint density at radius 2 is 1.73 bits per heavy atom. The van der Waals surface area contributed by atoms with Gasteiger partial charge in [0.05, 0.1) is 19.8 Å². The third-order valence-corrected chi connectivity index (χ3v) is 4.40. The molecule has 0 amide bonds. The first kappa shape index (κ1) is 18.3. The quantitative estimate of drug-likeness (QED) is 0.620. The van der Waals surface area contributed by atoms with E-state index in [1.54, 1.807) is 0 Å². The summed E-state index contributed by atoms with van der Waals surface area (Å²) in [6, 6.07) is 18.9. The lowest BCUT2D eigenvalue weighted by Gasteiger charge is -2.30. The summed E-state index contributed by atoms with van der Waals surface area (Å²) in [4.78, 5) is 7.10. The van der Waals surface area contributed by atoms with Crippen LogP contribution in [0, 0.1) is 0 Å². The van der Waals surface area contributed by atoms with Gasteiger partial charge < -0.3 is 20.3 Å². The summed E-state index contributed by atoms with van der Waals surface area (Å²) in [7, 11) is 0. The number of nitrogens with one attached hydrogen (secondary N) is 2. The van der Waals surface area contributed by atoms with Gasteiger partial charge in [-0.2, -0.15) is 0 Å². The van der Waals surface area contributed by atoms with Crippen molar-refractivity contribution in [2.45, 2.75) is 20.0 Å². The van der Waals surface area contributed by atoms with E-state index in [4.69, 9.17) is 9.73 Å². The monoisotopic (exact) mass is 352 g/mol. The molecule has 0 bridgehead atoms. The second kappa shape index (κ2) is 9.82. The van der Waals surface area contributed by atoms with E-state index in [1.807, 2.05) is 18.2 Å². The van der Waals surface area contributed by atoms with E-state index in [-0.39, 0.29) is 0 Å². The van der Waals surface area contributed by atoms with Crippen molar-refractivity contribution >= 4 is 11.6 Å². The molecule has 5 nitrogen and oxygen atoms in total. The number of benzene rings is 2. The molecule has 0 unspecified atom stereocenters. The maximum Gasteiger partial charge on any atom is 0.191 e. The van der Waals surface area contributed by atoms with E-state index in [0.29, 0.717) is 6.54 Å². The Morgan fingerprint density at radius 1 is 1.00 bits per heavy atom. The normalized spacial score (nSPS) is 15.0. The van der Waals surface area contributed by atoms with Crippen molar-refractivity contribution in [2.75, 3.05) is 37.7 Å². The molecule has 0 aromatic heterocycles. The topological polar surface area (TPSA) is 48.9 Å². The molecular weight excluding hydrogens is 324 g/mol. The number of aliphatic imine (C=N–C) groups is 1. The molecule has 0 saturated carbocycles. The third-order valence-electron chi connectivity index (χ3n) is 4.40. The van der Waals surface area contributed by atoms with Gasteiger partial charge in [-0.05, 0) is 24.1 Å². The first-order valence-electron chi connectivity index (χ1n) is 9.33. The molecule has 1 aliphatic heterocycles.